The maximum Gasteiger partial charge on any atom is 0.328 e. The van der Waals surface area contributed by atoms with Gasteiger partial charge in [0.15, 0.2) is 0 Å². The molecule has 6 heterocycles. The highest BCUT2D eigenvalue weighted by Gasteiger charge is 2.32. The first-order valence-electron chi connectivity index (χ1n) is 41.3. The Kier molecular flexibility index (Phi) is 38.2. The lowest BCUT2D eigenvalue weighted by atomic mass is 10.1. The molecule has 716 valence electrons. The smallest absolute Gasteiger partial charge is 0.328 e. The van der Waals surface area contributed by atoms with Crippen LogP contribution in [0.3, 0.4) is 0 Å². The van der Waals surface area contributed by atoms with Gasteiger partial charge in [-0.1, -0.05) is 18.2 Å². The minimum absolute atomic E-state index is 0.00220. The van der Waals surface area contributed by atoms with Crippen LogP contribution in [0.2, 0.25) is 0 Å². The summed E-state index contributed by atoms with van der Waals surface area (Å²) >= 11 is 0. The number of primary amides is 1. The summed E-state index contributed by atoms with van der Waals surface area (Å²) in [4.78, 5) is 363. The van der Waals surface area contributed by atoms with Gasteiger partial charge in [0.1, 0.15) is 51.4 Å². The first-order chi connectivity index (χ1) is 62.8. The summed E-state index contributed by atoms with van der Waals surface area (Å²) < 4.78 is 5.06. The summed E-state index contributed by atoms with van der Waals surface area (Å²) in [5.41, 5.74) is 0.603. The van der Waals surface area contributed by atoms with Gasteiger partial charge in [-0.05, 0) is 85.9 Å². The largest absolute Gasteiger partial charge is 0.368 e. The van der Waals surface area contributed by atoms with Gasteiger partial charge in [0.05, 0.1) is 32.7 Å². The van der Waals surface area contributed by atoms with Crippen LogP contribution in [0.15, 0.2) is 119 Å². The Hall–Kier alpha value is -16.2. The van der Waals surface area contributed by atoms with Crippen LogP contribution in [0.25, 0.3) is 0 Å². The van der Waals surface area contributed by atoms with Crippen LogP contribution < -0.4 is 116 Å². The average Bonchev–Trinajstić information content (AvgIpc) is 0.819. The Bertz CT molecular complexity index is 6360. The molecule has 0 bridgehead atoms. The third-order valence-corrected chi connectivity index (χ3v) is 20.4. The van der Waals surface area contributed by atoms with Gasteiger partial charge in [0.25, 0.3) is 33.4 Å². The number of amides is 14. The molecular formula is C80H105N27O26. The second kappa shape index (κ2) is 48.9. The molecule has 2 atom stereocenters. The Morgan fingerprint density at radius 1 is 0.368 bits per heavy atom. The van der Waals surface area contributed by atoms with Gasteiger partial charge in [-0.2, -0.15) is 0 Å². The second-order valence-corrected chi connectivity index (χ2v) is 30.8. The fourth-order valence-electron chi connectivity index (χ4n) is 12.9. The van der Waals surface area contributed by atoms with Crippen molar-refractivity contribution in [1.82, 2.24) is 119 Å². The molecule has 0 unspecified atom stereocenters. The van der Waals surface area contributed by atoms with E-state index in [0.29, 0.717) is 12.8 Å². The minimum atomic E-state index is -1.60. The van der Waals surface area contributed by atoms with Gasteiger partial charge >= 0.3 is 34.1 Å². The Morgan fingerprint density at radius 3 is 0.947 bits per heavy atom. The number of hydrogen-bond donors (Lipinski definition) is 15. The van der Waals surface area contributed by atoms with Crippen molar-refractivity contribution in [3.05, 3.63) is 225 Å². The van der Waals surface area contributed by atoms with Crippen LogP contribution in [0.4, 0.5) is 5.69 Å². The quantitative estimate of drug-likeness (QED) is 0.0158. The molecule has 0 aliphatic heterocycles. The van der Waals surface area contributed by atoms with E-state index in [4.69, 9.17) is 11.5 Å². The number of hydrogen-bond acceptors (Lipinski definition) is 27. The van der Waals surface area contributed by atoms with Crippen molar-refractivity contribution < 1.29 is 67.1 Å². The molecule has 0 fully saturated rings. The molecule has 17 N–H and O–H groups in total. The maximum atomic E-state index is 14.8. The molecule has 0 aliphatic rings. The Labute approximate surface area is 750 Å². The van der Waals surface area contributed by atoms with E-state index in [9.17, 15) is 125 Å². The third-order valence-electron chi connectivity index (χ3n) is 20.4. The van der Waals surface area contributed by atoms with E-state index in [1.54, 1.807) is 0 Å². The predicted molar refractivity (Wildman–Crippen MR) is 469 cm³/mol. The summed E-state index contributed by atoms with van der Waals surface area (Å²) in [6.07, 6.45) is 7.44. The van der Waals surface area contributed by atoms with E-state index in [2.05, 4.69) is 67.1 Å². The molecule has 14 amide bonds. The number of para-hydroxylation sites is 1. The molecule has 0 aliphatic carbocycles. The van der Waals surface area contributed by atoms with Gasteiger partial charge in [-0.15, -0.1) is 0 Å². The molecule has 0 spiro atoms. The van der Waals surface area contributed by atoms with Crippen molar-refractivity contribution in [2.24, 2.45) is 11.5 Å². The fourth-order valence-corrected chi connectivity index (χ4v) is 12.9. The molecule has 1 aromatic carbocycles. The topological polar surface area (TPSA) is 724 Å². The molecule has 0 saturated heterocycles. The summed E-state index contributed by atoms with van der Waals surface area (Å²) in [7, 11) is 0. The number of unbranched alkanes of at least 4 members (excludes halogenated alkanes) is 1. The summed E-state index contributed by atoms with van der Waals surface area (Å²) in [6.45, 7) is -3.02. The number of nitrogens with zero attached hydrogens (tertiary/aromatic N) is 12. The molecule has 7 rings (SSSR count). The number of nitrogens with one attached hydrogen (secondary N) is 13. The monoisotopic (exact) mass is 1860 g/mol. The lowest BCUT2D eigenvalue weighted by Crippen LogP contribution is -2.52. The predicted octanol–water partition coefficient (Wildman–Crippen LogP) is -11.7. The van der Waals surface area contributed by atoms with E-state index in [1.807, 2.05) is 0 Å². The number of aromatic amines is 6. The highest BCUT2D eigenvalue weighted by molar-refractivity contribution is 5.96. The highest BCUT2D eigenvalue weighted by atomic mass is 16.2. The van der Waals surface area contributed by atoms with Crippen molar-refractivity contribution in [2.45, 2.75) is 133 Å². The van der Waals surface area contributed by atoms with Crippen LogP contribution in [-0.2, 0) is 113 Å². The van der Waals surface area contributed by atoms with E-state index >= 15 is 0 Å². The standard InChI is InChI=1S/C80H105N27O26/c1-45-27-101(75(128)90-68(45)121)39-61(114)96(22-17-83-52(8)108)34-56(109)84-18-23-97(62(115)40-102-28-46(2)69(122)91-76(102)129)35-57(110)85-19-24-99(64(117)42-104-30-48(4)71(124)93-78(104)131)37-59(112)88-54-14-10-9-13-53(54)33-107(66(119)44-106-32-50(6)73(126)95-80(106)133)51(7)74(127)87-21-26-98(63(116)41-103-29-47(3)70(123)92-77(103)130)36-58(111)86-20-25-100(38-60(113)89-55(67(82)120)15-11-12-16-81)65(118)43-105-31-49(5)72(125)94-79(105)132/h9-10,13-14,27-32,51,55H,11-12,15-26,33-44,81H2,1-8H3,(H2,82,120)(H,83,108)(H,84,109)(H,85,110)(H,86,111)(H,87,127)(H,88,112)(H,89,113)(H,90,121,128)(H,91,122,129)(H,92,123,130)(H,93,124,131)(H,94,125,132)(H,95,126,133)/t51-,55-/m0/s1. The summed E-state index contributed by atoms with van der Waals surface area (Å²) in [5.74, 6) is -12.5. The minimum Gasteiger partial charge on any atom is -0.368 e. The van der Waals surface area contributed by atoms with Crippen LogP contribution in [-0.4, -0.2) is 286 Å². The lowest BCUT2D eigenvalue weighted by molar-refractivity contribution is -0.141. The zero-order valence-electron chi connectivity index (χ0n) is 73.9. The lowest BCUT2D eigenvalue weighted by Gasteiger charge is -2.30. The van der Waals surface area contributed by atoms with Gasteiger partial charge in [0.2, 0.25) is 82.7 Å². The molecule has 7 aromatic rings. The Balaban J connectivity index is 1.11. The third kappa shape index (κ3) is 31.6. The zero-order chi connectivity index (χ0) is 98.4. The van der Waals surface area contributed by atoms with Gasteiger partial charge in [-0.25, -0.2) is 28.8 Å². The molecule has 0 radical (unpaired) electrons. The first-order valence-corrected chi connectivity index (χ1v) is 41.3. The van der Waals surface area contributed by atoms with Crippen molar-refractivity contribution in [1.29, 1.82) is 0 Å². The van der Waals surface area contributed by atoms with Crippen LogP contribution >= 0.6 is 0 Å². The fraction of sp³-hybridized carbons (Fsp3) is 0.450. The second-order valence-electron chi connectivity index (χ2n) is 30.8. The zero-order valence-corrected chi connectivity index (χ0v) is 73.9. The number of carbonyl (C=O) groups is 14. The molecular weight excluding hydrogens is 1760 g/mol. The van der Waals surface area contributed by atoms with Gasteiger partial charge in [-0.3, -0.25) is 153 Å². The van der Waals surface area contributed by atoms with E-state index in [1.165, 1.54) is 79.7 Å². The van der Waals surface area contributed by atoms with Gasteiger partial charge in [0, 0.05) is 155 Å². The number of carbonyl (C=O) groups excluding carboxylic acids is 14. The number of aromatic nitrogens is 12. The summed E-state index contributed by atoms with van der Waals surface area (Å²) in [5, 5.41) is 17.7. The highest BCUT2D eigenvalue weighted by Crippen LogP contribution is 2.20. The number of anilines is 1. The normalized spacial score (nSPS) is 11.4. The van der Waals surface area contributed by atoms with Crippen molar-refractivity contribution in [2.75, 3.05) is 110 Å². The molecule has 0 saturated carbocycles. The molecule has 53 nitrogen and oxygen atoms in total. The van der Waals surface area contributed by atoms with Crippen LogP contribution in [0.1, 0.15) is 72.1 Å². The van der Waals surface area contributed by atoms with Gasteiger partial charge < -0.3 is 78.1 Å². The van der Waals surface area contributed by atoms with Crippen molar-refractivity contribution in [3.63, 3.8) is 0 Å². The van der Waals surface area contributed by atoms with E-state index in [-0.39, 0.29) is 70.7 Å². The Morgan fingerprint density at radius 2 is 0.647 bits per heavy atom. The van der Waals surface area contributed by atoms with Crippen molar-refractivity contribution >= 4 is 88.4 Å². The number of rotatable bonds is 48. The maximum absolute atomic E-state index is 14.8. The molecule has 133 heavy (non-hydrogen) atoms. The first kappa shape index (κ1) is 104. The molecule has 53 heteroatoms. The molecule has 6 aromatic heterocycles. The van der Waals surface area contributed by atoms with Crippen molar-refractivity contribution in [3.8, 4) is 0 Å². The summed E-state index contributed by atoms with van der Waals surface area (Å²) in [6, 6.07) is 2.87. The van der Waals surface area contributed by atoms with E-state index < -0.39 is 293 Å². The SMILES string of the molecule is CC(=O)NCCN(CC(=O)NCCN(CC(=O)NCCN(CC(=O)Nc1ccccc1CN(C(=O)Cn1cc(C)c(=O)[nH]c1=O)[C@@H](C)C(=O)NCCN(CC(=O)NCCN(CC(=O)N[C@@H](CCCCN)C(N)=O)C(=O)Cn1cc(C)c(=O)[nH]c1=O)C(=O)Cn1cc(C)c(=O)[nH]c1=O)C(=O)Cn1cc(C)c(=O)[nH]c1=O)C(=O)Cn1cc(C)c(=O)[nH]c1=O)C(=O)Cn1cc(C)c(=O)[nH]c1=O. The average molecular weight is 1860 g/mol. The number of nitrogens with two attached hydrogens (primary N) is 2. The van der Waals surface area contributed by atoms with Crippen LogP contribution in [0.5, 0.6) is 0 Å². The van der Waals surface area contributed by atoms with Crippen LogP contribution in [0, 0.1) is 41.5 Å². The number of benzene rings is 1. The van der Waals surface area contributed by atoms with E-state index in [0.717, 1.165) is 94.0 Å². The number of H-pyrrole nitrogens is 6. The number of aryl methyl sites for hydroxylation is 6.